The monoisotopic (exact) mass is 291 g/mol. The molecule has 2 saturated heterocycles. The second kappa shape index (κ2) is 6.17. The normalized spacial score (nSPS) is 26.6. The van der Waals surface area contributed by atoms with Gasteiger partial charge in [-0.3, -0.25) is 4.79 Å². The van der Waals surface area contributed by atoms with Crippen LogP contribution in [0, 0.1) is 0 Å². The summed E-state index contributed by atoms with van der Waals surface area (Å²) >= 11 is 5.95. The van der Waals surface area contributed by atoms with Crippen molar-refractivity contribution in [3.8, 4) is 0 Å². The van der Waals surface area contributed by atoms with Crippen LogP contribution < -0.4 is 0 Å². The van der Waals surface area contributed by atoms with Gasteiger partial charge in [0.15, 0.2) is 0 Å². The number of benzene rings is 1. The van der Waals surface area contributed by atoms with Crippen molar-refractivity contribution in [1.29, 1.82) is 0 Å². The Morgan fingerprint density at radius 2 is 1.80 bits per heavy atom. The van der Waals surface area contributed by atoms with Gasteiger partial charge in [0.05, 0.1) is 5.92 Å². The molecule has 3 unspecified atom stereocenters. The van der Waals surface area contributed by atoms with Crippen LogP contribution in [0.25, 0.3) is 0 Å². The smallest absolute Gasteiger partial charge is 0.230 e. The third-order valence-electron chi connectivity index (χ3n) is 4.85. The largest absolute Gasteiger partial charge is 0.336 e. The zero-order chi connectivity index (χ0) is 13.9. The lowest BCUT2D eigenvalue weighted by Crippen LogP contribution is -2.46. The highest BCUT2D eigenvalue weighted by atomic mass is 35.5. The molecule has 0 N–H and O–H groups in total. The van der Waals surface area contributed by atoms with Crippen molar-refractivity contribution in [2.75, 3.05) is 5.88 Å². The van der Waals surface area contributed by atoms with Gasteiger partial charge in [0.2, 0.25) is 5.91 Å². The zero-order valence-electron chi connectivity index (χ0n) is 11.8. The molecule has 0 radical (unpaired) electrons. The summed E-state index contributed by atoms with van der Waals surface area (Å²) in [7, 11) is 0. The van der Waals surface area contributed by atoms with Crippen LogP contribution in [-0.4, -0.2) is 28.8 Å². The van der Waals surface area contributed by atoms with Gasteiger partial charge >= 0.3 is 0 Å². The first kappa shape index (κ1) is 13.9. The zero-order valence-corrected chi connectivity index (χ0v) is 12.6. The predicted molar refractivity (Wildman–Crippen MR) is 82.0 cm³/mol. The van der Waals surface area contributed by atoms with Gasteiger partial charge in [0, 0.05) is 18.0 Å². The van der Waals surface area contributed by atoms with E-state index in [-0.39, 0.29) is 5.92 Å². The molecule has 0 aliphatic carbocycles. The molecule has 2 aliphatic rings. The van der Waals surface area contributed by atoms with E-state index in [0.717, 1.165) is 12.0 Å². The maximum absolute atomic E-state index is 13.0. The number of halogens is 1. The van der Waals surface area contributed by atoms with Gasteiger partial charge < -0.3 is 4.90 Å². The van der Waals surface area contributed by atoms with E-state index in [1.165, 1.54) is 32.1 Å². The third kappa shape index (κ3) is 2.58. The summed E-state index contributed by atoms with van der Waals surface area (Å²) in [6.45, 7) is 0. The van der Waals surface area contributed by atoms with E-state index in [4.69, 9.17) is 11.6 Å². The van der Waals surface area contributed by atoms with Crippen molar-refractivity contribution in [3.63, 3.8) is 0 Å². The summed E-state index contributed by atoms with van der Waals surface area (Å²) in [4.78, 5) is 15.2. The summed E-state index contributed by atoms with van der Waals surface area (Å²) in [6.07, 6.45) is 6.78. The Hall–Kier alpha value is -1.02. The molecule has 1 aromatic rings. The minimum atomic E-state index is -0.0603. The van der Waals surface area contributed by atoms with Gasteiger partial charge in [-0.2, -0.15) is 0 Å². The average molecular weight is 292 g/mol. The SMILES string of the molecule is O=C(C(CCCl)c1ccccc1)N1C2CCCC1CC2. The summed E-state index contributed by atoms with van der Waals surface area (Å²) in [5.74, 6) is 0.785. The molecule has 2 aliphatic heterocycles. The van der Waals surface area contributed by atoms with E-state index in [2.05, 4.69) is 17.0 Å². The molecule has 2 heterocycles. The lowest BCUT2D eigenvalue weighted by atomic mass is 9.92. The first-order chi connectivity index (χ1) is 9.81. The number of carbonyl (C=O) groups excluding carboxylic acids is 1. The second-order valence-electron chi connectivity index (χ2n) is 6.00. The lowest BCUT2D eigenvalue weighted by Gasteiger charge is -2.37. The molecule has 20 heavy (non-hydrogen) atoms. The van der Waals surface area contributed by atoms with Gasteiger partial charge in [-0.25, -0.2) is 0 Å². The number of amides is 1. The molecule has 1 amide bonds. The predicted octanol–water partition coefficient (Wildman–Crippen LogP) is 3.94. The number of fused-ring (bicyclic) bond motifs is 2. The van der Waals surface area contributed by atoms with Crippen LogP contribution in [0.3, 0.4) is 0 Å². The topological polar surface area (TPSA) is 20.3 Å². The van der Waals surface area contributed by atoms with Crippen molar-refractivity contribution in [2.45, 2.75) is 56.5 Å². The van der Waals surface area contributed by atoms with E-state index >= 15 is 0 Å². The molecular formula is C17H22ClNO. The molecule has 3 atom stereocenters. The number of hydrogen-bond acceptors (Lipinski definition) is 1. The third-order valence-corrected chi connectivity index (χ3v) is 5.07. The van der Waals surface area contributed by atoms with Gasteiger partial charge in [-0.1, -0.05) is 30.3 Å². The summed E-state index contributed by atoms with van der Waals surface area (Å²) in [6, 6.07) is 11.1. The molecule has 0 spiro atoms. The molecule has 108 valence electrons. The van der Waals surface area contributed by atoms with Crippen molar-refractivity contribution in [3.05, 3.63) is 35.9 Å². The van der Waals surface area contributed by atoms with Crippen molar-refractivity contribution >= 4 is 17.5 Å². The second-order valence-corrected chi connectivity index (χ2v) is 6.38. The molecule has 1 aromatic carbocycles. The van der Waals surface area contributed by atoms with E-state index in [1.807, 2.05) is 18.2 Å². The maximum Gasteiger partial charge on any atom is 0.230 e. The van der Waals surface area contributed by atoms with E-state index < -0.39 is 0 Å². The Bertz CT molecular complexity index is 445. The highest BCUT2D eigenvalue weighted by molar-refractivity contribution is 6.18. The van der Waals surface area contributed by atoms with Crippen LogP contribution in [-0.2, 0) is 4.79 Å². The standard InChI is InChI=1S/C17H22ClNO/c18-12-11-16(13-5-2-1-3-6-13)17(20)19-14-7-4-8-15(19)10-9-14/h1-3,5-6,14-16H,4,7-12H2. The summed E-state index contributed by atoms with van der Waals surface area (Å²) in [5, 5.41) is 0. The van der Waals surface area contributed by atoms with Crippen LogP contribution >= 0.6 is 11.6 Å². The van der Waals surface area contributed by atoms with Crippen LogP contribution in [0.15, 0.2) is 30.3 Å². The Morgan fingerprint density at radius 3 is 2.40 bits per heavy atom. The van der Waals surface area contributed by atoms with Crippen molar-refractivity contribution < 1.29 is 4.79 Å². The highest BCUT2D eigenvalue weighted by Gasteiger charge is 2.41. The molecule has 2 bridgehead atoms. The van der Waals surface area contributed by atoms with Crippen LogP contribution in [0.4, 0.5) is 0 Å². The Balaban J connectivity index is 1.83. The number of rotatable bonds is 4. The average Bonchev–Trinajstić information content (AvgIpc) is 2.74. The number of alkyl halides is 1. The minimum absolute atomic E-state index is 0.0603. The van der Waals surface area contributed by atoms with Crippen LogP contribution in [0.2, 0.25) is 0 Å². The number of carbonyl (C=O) groups is 1. The van der Waals surface area contributed by atoms with Gasteiger partial charge in [0.25, 0.3) is 0 Å². The van der Waals surface area contributed by atoms with Crippen LogP contribution in [0.5, 0.6) is 0 Å². The Kier molecular flexibility index (Phi) is 4.30. The number of hydrogen-bond donors (Lipinski definition) is 0. The molecule has 2 fully saturated rings. The molecule has 3 rings (SSSR count). The first-order valence-electron chi connectivity index (χ1n) is 7.74. The minimum Gasteiger partial charge on any atom is -0.336 e. The fourth-order valence-electron chi connectivity index (χ4n) is 3.88. The van der Waals surface area contributed by atoms with Gasteiger partial charge in [0.1, 0.15) is 0 Å². The summed E-state index contributed by atoms with van der Waals surface area (Å²) in [5.41, 5.74) is 1.11. The van der Waals surface area contributed by atoms with Gasteiger partial charge in [-0.15, -0.1) is 11.6 Å². The lowest BCUT2D eigenvalue weighted by molar-refractivity contribution is -0.137. The fourth-order valence-corrected chi connectivity index (χ4v) is 4.10. The molecular weight excluding hydrogens is 270 g/mol. The quantitative estimate of drug-likeness (QED) is 0.770. The molecule has 0 aromatic heterocycles. The molecule has 2 nitrogen and oxygen atoms in total. The maximum atomic E-state index is 13.0. The fraction of sp³-hybridized carbons (Fsp3) is 0.588. The van der Waals surface area contributed by atoms with Crippen molar-refractivity contribution in [1.82, 2.24) is 4.90 Å². The number of nitrogens with zero attached hydrogens (tertiary/aromatic N) is 1. The Labute approximate surface area is 126 Å². The first-order valence-corrected chi connectivity index (χ1v) is 8.28. The highest BCUT2D eigenvalue weighted by Crippen LogP contribution is 2.38. The van der Waals surface area contributed by atoms with Crippen LogP contribution in [0.1, 0.15) is 50.0 Å². The summed E-state index contributed by atoms with van der Waals surface area (Å²) < 4.78 is 0. The van der Waals surface area contributed by atoms with E-state index in [0.29, 0.717) is 23.9 Å². The molecule has 0 saturated carbocycles. The molecule has 3 heteroatoms. The van der Waals surface area contributed by atoms with Crippen molar-refractivity contribution in [2.24, 2.45) is 0 Å². The van der Waals surface area contributed by atoms with E-state index in [1.54, 1.807) is 0 Å². The Morgan fingerprint density at radius 1 is 1.15 bits per heavy atom. The number of piperidine rings is 1. The van der Waals surface area contributed by atoms with E-state index in [9.17, 15) is 4.79 Å². The van der Waals surface area contributed by atoms with Gasteiger partial charge in [-0.05, 0) is 44.1 Å².